The van der Waals surface area contributed by atoms with Crippen molar-refractivity contribution in [3.8, 4) is 0 Å². The Kier molecular flexibility index (Phi) is 7.69. The fraction of sp³-hybridized carbons (Fsp3) is 0.286. The van der Waals surface area contributed by atoms with E-state index in [1.54, 1.807) is 17.0 Å². The maximum atomic E-state index is 13.4. The van der Waals surface area contributed by atoms with Crippen LogP contribution in [0.15, 0.2) is 51.9 Å². The van der Waals surface area contributed by atoms with Gasteiger partial charge in [0.25, 0.3) is 0 Å². The van der Waals surface area contributed by atoms with Crippen molar-refractivity contribution in [2.75, 3.05) is 13.1 Å². The Hall–Kier alpha value is -2.85. The molecule has 0 saturated carbocycles. The average molecular weight is 495 g/mol. The summed E-state index contributed by atoms with van der Waals surface area (Å²) in [4.78, 5) is 30.7. The Bertz CT molecular complexity index is 977. The lowest BCUT2D eigenvalue weighted by Gasteiger charge is -2.31. The van der Waals surface area contributed by atoms with Gasteiger partial charge < -0.3 is 10.2 Å². The summed E-state index contributed by atoms with van der Waals surface area (Å²) in [5.74, 6) is -1.83. The van der Waals surface area contributed by atoms with Gasteiger partial charge in [0.1, 0.15) is 11.6 Å². The number of carbonyl (C=O) groups is 2. The van der Waals surface area contributed by atoms with Crippen molar-refractivity contribution >= 4 is 39.3 Å². The number of hydrogen-bond donors (Lipinski definition) is 3. The smallest absolute Gasteiger partial charge is 0.317 e. The van der Waals surface area contributed by atoms with Crippen LogP contribution in [-0.4, -0.2) is 40.8 Å². The van der Waals surface area contributed by atoms with Gasteiger partial charge in [-0.05, 0) is 64.7 Å². The molecule has 7 nitrogen and oxygen atoms in total. The molecule has 1 heterocycles. The molecule has 0 radical (unpaired) electrons. The number of Topliss-reactive ketones (excluding diaryl/α,β-unsaturated/α-hetero) is 1. The van der Waals surface area contributed by atoms with E-state index in [-0.39, 0.29) is 34.5 Å². The number of nitrogens with one attached hydrogen (secondary N) is 2. The van der Waals surface area contributed by atoms with Gasteiger partial charge in [0.15, 0.2) is 5.84 Å². The maximum absolute atomic E-state index is 13.4. The zero-order valence-electron chi connectivity index (χ0n) is 16.4. The summed E-state index contributed by atoms with van der Waals surface area (Å²) >= 11 is 3.05. The largest absolute Gasteiger partial charge is 0.334 e. The predicted octanol–water partition coefficient (Wildman–Crippen LogP) is 3.93. The van der Waals surface area contributed by atoms with Gasteiger partial charge in [-0.15, -0.1) is 0 Å². The summed E-state index contributed by atoms with van der Waals surface area (Å²) in [5.41, 5.74) is 2.91. The molecule has 31 heavy (non-hydrogen) atoms. The molecule has 0 aliphatic carbocycles. The van der Waals surface area contributed by atoms with Crippen molar-refractivity contribution in [2.24, 2.45) is 10.9 Å². The van der Waals surface area contributed by atoms with Crippen LogP contribution in [0.4, 0.5) is 19.3 Å². The number of piperidine rings is 1. The number of ketones is 1. The van der Waals surface area contributed by atoms with Gasteiger partial charge >= 0.3 is 6.03 Å². The first-order valence-electron chi connectivity index (χ1n) is 9.62. The van der Waals surface area contributed by atoms with E-state index in [0.29, 0.717) is 31.6 Å². The number of carbonyl (C=O) groups excluding carboxylic acids is 2. The molecule has 1 aliphatic heterocycles. The van der Waals surface area contributed by atoms with E-state index in [1.165, 1.54) is 30.3 Å². The highest BCUT2D eigenvalue weighted by molar-refractivity contribution is 9.10. The molecule has 2 aromatic carbocycles. The summed E-state index contributed by atoms with van der Waals surface area (Å²) in [6.45, 7) is 1.01. The average Bonchev–Trinajstić information content (AvgIpc) is 2.79. The lowest BCUT2D eigenvalue weighted by molar-refractivity contribution is -0.118. The zero-order chi connectivity index (χ0) is 22.4. The van der Waals surface area contributed by atoms with Gasteiger partial charge in [-0.25, -0.2) is 24.0 Å². The monoisotopic (exact) mass is 494 g/mol. The van der Waals surface area contributed by atoms with E-state index >= 15 is 0 Å². The molecule has 1 saturated heterocycles. The quantitative estimate of drug-likeness (QED) is 0.333. The third-order valence-corrected chi connectivity index (χ3v) is 5.60. The Morgan fingerprint density at radius 1 is 1.13 bits per heavy atom. The third-order valence-electron chi connectivity index (χ3n) is 4.99. The molecule has 3 rings (SSSR count). The number of likely N-dealkylation sites (tertiary alicyclic amines) is 1. The van der Waals surface area contributed by atoms with Gasteiger partial charge in [0, 0.05) is 25.6 Å². The van der Waals surface area contributed by atoms with Crippen LogP contribution < -0.4 is 10.8 Å². The van der Waals surface area contributed by atoms with Crippen LogP contribution in [-0.2, 0) is 11.3 Å². The second-order valence-corrected chi connectivity index (χ2v) is 7.94. The van der Waals surface area contributed by atoms with E-state index in [1.807, 2.05) is 5.48 Å². The number of benzene rings is 2. The molecule has 10 heteroatoms. The summed E-state index contributed by atoms with van der Waals surface area (Å²) in [6.07, 6.45) is 0.827. The van der Waals surface area contributed by atoms with Crippen molar-refractivity contribution in [3.05, 3.63) is 64.1 Å². The first-order chi connectivity index (χ1) is 14.9. The normalized spacial score (nSPS) is 15.0. The fourth-order valence-corrected chi connectivity index (χ4v) is 3.62. The highest BCUT2D eigenvalue weighted by Crippen LogP contribution is 2.24. The molecule has 2 amide bonds. The van der Waals surface area contributed by atoms with E-state index < -0.39 is 11.7 Å². The molecule has 3 N–H and O–H groups in total. The van der Waals surface area contributed by atoms with E-state index in [4.69, 9.17) is 0 Å². The highest BCUT2D eigenvalue weighted by atomic mass is 79.9. The molecule has 164 valence electrons. The lowest BCUT2D eigenvalue weighted by atomic mass is 9.92. The van der Waals surface area contributed by atoms with Crippen LogP contribution in [0.5, 0.6) is 0 Å². The van der Waals surface area contributed by atoms with Gasteiger partial charge in [-0.1, -0.05) is 12.1 Å². The molecule has 2 aromatic rings. The van der Waals surface area contributed by atoms with Gasteiger partial charge in [0.05, 0.1) is 10.2 Å². The zero-order valence-corrected chi connectivity index (χ0v) is 18.0. The number of nitrogens with zero attached hydrogens (tertiary/aromatic N) is 2. The lowest BCUT2D eigenvalue weighted by Crippen LogP contribution is -2.46. The van der Waals surface area contributed by atoms with E-state index in [9.17, 15) is 23.6 Å². The van der Waals surface area contributed by atoms with E-state index in [0.717, 1.165) is 5.56 Å². The standard InChI is InChI=1S/C21H21BrF2N4O3/c22-17-11-16(5-6-18(17)24)26-20(27-31)19(29)14-7-9-28(10-8-14)21(30)25-12-13-1-3-15(23)4-2-13/h1-6,11,14,31H,7-10,12H2,(H,25,30)(H,26,27). The number of rotatable bonds is 5. The first-order valence-corrected chi connectivity index (χ1v) is 10.4. The van der Waals surface area contributed by atoms with Gasteiger partial charge in [0.2, 0.25) is 5.78 Å². The van der Waals surface area contributed by atoms with Crippen LogP contribution in [0.3, 0.4) is 0 Å². The molecule has 1 fully saturated rings. The molecule has 0 aromatic heterocycles. The maximum Gasteiger partial charge on any atom is 0.317 e. The Labute approximate surface area is 186 Å². The first kappa shape index (κ1) is 22.8. The van der Waals surface area contributed by atoms with Crippen LogP contribution in [0, 0.1) is 17.6 Å². The minimum absolute atomic E-state index is 0.193. The van der Waals surface area contributed by atoms with Crippen LogP contribution >= 0.6 is 15.9 Å². The predicted molar refractivity (Wildman–Crippen MR) is 114 cm³/mol. The summed E-state index contributed by atoms with van der Waals surface area (Å²) < 4.78 is 26.5. The van der Waals surface area contributed by atoms with Crippen LogP contribution in [0.2, 0.25) is 0 Å². The molecule has 0 atom stereocenters. The van der Waals surface area contributed by atoms with Crippen LogP contribution in [0.25, 0.3) is 0 Å². The Balaban J connectivity index is 1.54. The Morgan fingerprint density at radius 2 is 1.81 bits per heavy atom. The fourth-order valence-electron chi connectivity index (χ4n) is 3.25. The number of halogens is 3. The Morgan fingerprint density at radius 3 is 2.42 bits per heavy atom. The topological polar surface area (TPSA) is 94.0 Å². The van der Waals surface area contributed by atoms with Gasteiger partial charge in [-0.2, -0.15) is 0 Å². The second kappa shape index (κ2) is 10.5. The number of hydroxylamine groups is 1. The third kappa shape index (κ3) is 6.08. The highest BCUT2D eigenvalue weighted by Gasteiger charge is 2.30. The molecule has 0 spiro atoms. The van der Waals surface area contributed by atoms with Crippen molar-refractivity contribution < 1.29 is 23.6 Å². The van der Waals surface area contributed by atoms with E-state index in [2.05, 4.69) is 26.2 Å². The summed E-state index contributed by atoms with van der Waals surface area (Å²) in [5, 5.41) is 12.1. The number of amidine groups is 1. The molecule has 1 aliphatic rings. The summed E-state index contributed by atoms with van der Waals surface area (Å²) in [7, 11) is 0. The van der Waals surface area contributed by atoms with Crippen molar-refractivity contribution in [2.45, 2.75) is 19.4 Å². The molecule has 0 unspecified atom stereocenters. The minimum atomic E-state index is -0.464. The summed E-state index contributed by atoms with van der Waals surface area (Å²) in [6, 6.07) is 9.58. The number of amides is 2. The SMILES string of the molecule is O=C(C(=Nc1ccc(F)c(Br)c1)NO)C1CCN(C(=O)NCc2ccc(F)cc2)CC1. The number of hydrogen-bond acceptors (Lipinski definition) is 4. The number of urea groups is 1. The van der Waals surface area contributed by atoms with Crippen molar-refractivity contribution in [3.63, 3.8) is 0 Å². The molecular formula is C21H21BrF2N4O3. The molecule has 0 bridgehead atoms. The van der Waals surface area contributed by atoms with Crippen LogP contribution in [0.1, 0.15) is 18.4 Å². The van der Waals surface area contributed by atoms with Crippen molar-refractivity contribution in [1.82, 2.24) is 15.7 Å². The molecular weight excluding hydrogens is 474 g/mol. The van der Waals surface area contributed by atoms with Crippen molar-refractivity contribution in [1.29, 1.82) is 0 Å². The van der Waals surface area contributed by atoms with Gasteiger partial charge in [-0.3, -0.25) is 10.0 Å². The number of aliphatic imine (C=N–C) groups is 1. The minimum Gasteiger partial charge on any atom is -0.334 e. The second-order valence-electron chi connectivity index (χ2n) is 7.08.